The van der Waals surface area contributed by atoms with Gasteiger partial charge in [-0.15, -0.1) is 5.10 Å². The summed E-state index contributed by atoms with van der Waals surface area (Å²) in [6.45, 7) is 3.60. The van der Waals surface area contributed by atoms with E-state index in [4.69, 9.17) is 4.74 Å². The molecule has 1 aliphatic heterocycles. The number of hydrogen-bond acceptors (Lipinski definition) is 6. The smallest absolute Gasteiger partial charge is 0.148 e. The van der Waals surface area contributed by atoms with E-state index in [2.05, 4.69) is 20.4 Å². The lowest BCUT2D eigenvalue weighted by molar-refractivity contribution is -0.0344. The molecule has 0 unspecified atom stereocenters. The van der Waals surface area contributed by atoms with Crippen LogP contribution in [0.15, 0.2) is 48.7 Å². The highest BCUT2D eigenvalue weighted by atomic mass is 16.5. The molecule has 1 saturated heterocycles. The minimum atomic E-state index is -0.470. The Labute approximate surface area is 136 Å². The third-order valence-corrected chi connectivity index (χ3v) is 3.92. The zero-order valence-corrected chi connectivity index (χ0v) is 13.0. The fourth-order valence-electron chi connectivity index (χ4n) is 2.71. The van der Waals surface area contributed by atoms with Crippen LogP contribution in [0, 0.1) is 0 Å². The van der Waals surface area contributed by atoms with Gasteiger partial charge in [-0.25, -0.2) is 0 Å². The number of aliphatic hydroxyl groups excluding tert-OH is 1. The van der Waals surface area contributed by atoms with E-state index in [-0.39, 0.29) is 6.10 Å². The molecule has 2 aromatic rings. The number of rotatable bonds is 6. The van der Waals surface area contributed by atoms with Gasteiger partial charge in [0, 0.05) is 32.4 Å². The molecule has 1 fully saturated rings. The number of benzene rings is 1. The summed E-state index contributed by atoms with van der Waals surface area (Å²) in [6.07, 6.45) is 1.26. The molecular weight excluding hydrogens is 292 g/mol. The van der Waals surface area contributed by atoms with Crippen LogP contribution in [-0.2, 0) is 4.74 Å². The fraction of sp³-hybridized carbons (Fsp3) is 0.412. The fourth-order valence-corrected chi connectivity index (χ4v) is 2.71. The van der Waals surface area contributed by atoms with Crippen LogP contribution >= 0.6 is 0 Å². The van der Waals surface area contributed by atoms with E-state index in [0.29, 0.717) is 19.7 Å². The molecule has 6 nitrogen and oxygen atoms in total. The number of nitrogens with zero attached hydrogens (tertiary/aromatic N) is 3. The van der Waals surface area contributed by atoms with Crippen LogP contribution in [0.1, 0.15) is 11.7 Å². The van der Waals surface area contributed by atoms with E-state index in [0.717, 1.165) is 24.5 Å². The van der Waals surface area contributed by atoms with Gasteiger partial charge in [0.2, 0.25) is 0 Å². The molecular formula is C17H22N4O2. The summed E-state index contributed by atoms with van der Waals surface area (Å²) in [7, 11) is 0. The summed E-state index contributed by atoms with van der Waals surface area (Å²) in [6, 6.07) is 13.5. The minimum Gasteiger partial charge on any atom is -0.387 e. The number of nitrogens with one attached hydrogen (secondary N) is 1. The SMILES string of the molecule is O[C@@H](CN1CCO[C@@H](CNc2cccnn2)C1)c1ccccc1. The number of anilines is 1. The van der Waals surface area contributed by atoms with E-state index < -0.39 is 6.10 Å². The van der Waals surface area contributed by atoms with Crippen molar-refractivity contribution in [1.29, 1.82) is 0 Å². The van der Waals surface area contributed by atoms with E-state index in [1.807, 2.05) is 42.5 Å². The molecule has 2 N–H and O–H groups in total. The van der Waals surface area contributed by atoms with Crippen molar-refractivity contribution in [3.63, 3.8) is 0 Å². The van der Waals surface area contributed by atoms with Crippen LogP contribution in [0.25, 0.3) is 0 Å². The topological polar surface area (TPSA) is 70.5 Å². The quantitative estimate of drug-likeness (QED) is 0.838. The summed E-state index contributed by atoms with van der Waals surface area (Å²) >= 11 is 0. The number of aliphatic hydroxyl groups is 1. The van der Waals surface area contributed by atoms with Gasteiger partial charge in [-0.2, -0.15) is 5.10 Å². The molecule has 3 rings (SSSR count). The highest BCUT2D eigenvalue weighted by molar-refractivity contribution is 5.31. The van der Waals surface area contributed by atoms with E-state index in [1.54, 1.807) is 6.20 Å². The first-order valence-corrected chi connectivity index (χ1v) is 7.90. The second kappa shape index (κ2) is 8.01. The Morgan fingerprint density at radius 3 is 2.91 bits per heavy atom. The first kappa shape index (κ1) is 15.9. The molecule has 2 atom stereocenters. The third kappa shape index (κ3) is 4.72. The minimum absolute atomic E-state index is 0.0775. The Balaban J connectivity index is 1.48. The Morgan fingerprint density at radius 2 is 2.13 bits per heavy atom. The Bertz CT molecular complexity index is 582. The van der Waals surface area contributed by atoms with E-state index in [1.165, 1.54) is 0 Å². The molecule has 0 saturated carbocycles. The van der Waals surface area contributed by atoms with Crippen molar-refractivity contribution >= 4 is 5.82 Å². The average molecular weight is 314 g/mol. The number of aromatic nitrogens is 2. The van der Waals surface area contributed by atoms with Crippen LogP contribution in [0.2, 0.25) is 0 Å². The van der Waals surface area contributed by atoms with Crippen molar-refractivity contribution in [1.82, 2.24) is 15.1 Å². The number of β-amino-alcohol motifs (C(OH)–C–C–N with tert-alkyl or cyclic N) is 1. The van der Waals surface area contributed by atoms with Gasteiger partial charge >= 0.3 is 0 Å². The predicted molar refractivity (Wildman–Crippen MR) is 88.1 cm³/mol. The summed E-state index contributed by atoms with van der Waals surface area (Å²) < 4.78 is 5.78. The van der Waals surface area contributed by atoms with Crippen molar-refractivity contribution in [3.8, 4) is 0 Å². The Morgan fingerprint density at radius 1 is 1.26 bits per heavy atom. The van der Waals surface area contributed by atoms with Crippen LogP contribution in [0.3, 0.4) is 0 Å². The first-order valence-electron chi connectivity index (χ1n) is 7.90. The Kier molecular flexibility index (Phi) is 5.52. The summed E-state index contributed by atoms with van der Waals surface area (Å²) in [5.41, 5.74) is 0.952. The molecule has 122 valence electrons. The van der Waals surface area contributed by atoms with Gasteiger partial charge in [-0.3, -0.25) is 4.90 Å². The molecule has 0 spiro atoms. The molecule has 0 bridgehead atoms. The lowest BCUT2D eigenvalue weighted by atomic mass is 10.1. The van der Waals surface area contributed by atoms with E-state index >= 15 is 0 Å². The molecule has 23 heavy (non-hydrogen) atoms. The van der Waals surface area contributed by atoms with Crippen molar-refractivity contribution < 1.29 is 9.84 Å². The van der Waals surface area contributed by atoms with Crippen molar-refractivity contribution in [3.05, 3.63) is 54.2 Å². The zero-order valence-electron chi connectivity index (χ0n) is 13.0. The maximum absolute atomic E-state index is 10.4. The molecule has 1 aromatic carbocycles. The summed E-state index contributed by atoms with van der Waals surface area (Å²) in [5.74, 6) is 0.748. The molecule has 0 radical (unpaired) electrons. The number of hydrogen-bond donors (Lipinski definition) is 2. The maximum atomic E-state index is 10.4. The van der Waals surface area contributed by atoms with Gasteiger partial charge < -0.3 is 15.2 Å². The molecule has 1 aliphatic rings. The monoisotopic (exact) mass is 314 g/mol. The lowest BCUT2D eigenvalue weighted by Gasteiger charge is -2.34. The molecule has 0 amide bonds. The van der Waals surface area contributed by atoms with Gasteiger partial charge in [-0.05, 0) is 17.7 Å². The second-order valence-electron chi connectivity index (χ2n) is 5.67. The van der Waals surface area contributed by atoms with Crippen LogP contribution in [0.4, 0.5) is 5.82 Å². The zero-order chi connectivity index (χ0) is 15.9. The van der Waals surface area contributed by atoms with Gasteiger partial charge in [0.1, 0.15) is 5.82 Å². The summed E-state index contributed by atoms with van der Waals surface area (Å²) in [5, 5.41) is 21.4. The maximum Gasteiger partial charge on any atom is 0.148 e. The molecule has 6 heteroatoms. The second-order valence-corrected chi connectivity index (χ2v) is 5.67. The lowest BCUT2D eigenvalue weighted by Crippen LogP contribution is -2.46. The molecule has 2 heterocycles. The van der Waals surface area contributed by atoms with Crippen molar-refractivity contribution in [2.75, 3.05) is 38.1 Å². The normalized spacial score (nSPS) is 20.1. The Hall–Kier alpha value is -2.02. The van der Waals surface area contributed by atoms with Gasteiger partial charge in [0.05, 0.1) is 18.8 Å². The van der Waals surface area contributed by atoms with Crippen LogP contribution in [-0.4, -0.2) is 59.1 Å². The first-order chi connectivity index (χ1) is 11.3. The molecule has 0 aliphatic carbocycles. The average Bonchev–Trinajstić information content (AvgIpc) is 2.62. The van der Waals surface area contributed by atoms with E-state index in [9.17, 15) is 5.11 Å². The molecule has 1 aromatic heterocycles. The highest BCUT2D eigenvalue weighted by Gasteiger charge is 2.22. The number of morpholine rings is 1. The van der Waals surface area contributed by atoms with Crippen LogP contribution in [0.5, 0.6) is 0 Å². The van der Waals surface area contributed by atoms with Gasteiger partial charge in [0.25, 0.3) is 0 Å². The van der Waals surface area contributed by atoms with Crippen LogP contribution < -0.4 is 5.32 Å². The number of ether oxygens (including phenoxy) is 1. The summed E-state index contributed by atoms with van der Waals surface area (Å²) in [4.78, 5) is 2.24. The van der Waals surface area contributed by atoms with Gasteiger partial charge in [0.15, 0.2) is 0 Å². The largest absolute Gasteiger partial charge is 0.387 e. The van der Waals surface area contributed by atoms with Gasteiger partial charge in [-0.1, -0.05) is 30.3 Å². The van der Waals surface area contributed by atoms with Crippen molar-refractivity contribution in [2.45, 2.75) is 12.2 Å². The predicted octanol–water partition coefficient (Wildman–Crippen LogP) is 1.32. The highest BCUT2D eigenvalue weighted by Crippen LogP contribution is 2.16. The standard InChI is InChI=1S/C17H22N4O2/c22-16(14-5-2-1-3-6-14)13-21-9-10-23-15(12-21)11-18-17-7-4-8-19-20-17/h1-8,15-16,22H,9-13H2,(H,18,20)/t15-,16-/m0/s1. The third-order valence-electron chi connectivity index (χ3n) is 3.92. The van der Waals surface area contributed by atoms with Crippen molar-refractivity contribution in [2.24, 2.45) is 0 Å².